The number of aromatic nitrogens is 3. The summed E-state index contributed by atoms with van der Waals surface area (Å²) in [5.74, 6) is 1.31. The van der Waals surface area contributed by atoms with Gasteiger partial charge in [-0.3, -0.25) is 0 Å². The van der Waals surface area contributed by atoms with Gasteiger partial charge < -0.3 is 14.4 Å². The molecule has 0 unspecified atom stereocenters. The number of nitrogens with one attached hydrogen (secondary N) is 1. The van der Waals surface area contributed by atoms with Crippen molar-refractivity contribution in [2.45, 2.75) is 20.0 Å². The number of hydrogen-bond acceptors (Lipinski definition) is 4. The SMILES string of the molecule is CNCc1cccn1Cc1noc(C)n1. The van der Waals surface area contributed by atoms with Crippen LogP contribution in [0.4, 0.5) is 0 Å². The fraction of sp³-hybridized carbons (Fsp3) is 0.400. The Hall–Kier alpha value is -1.62. The Bertz CT molecular complexity index is 432. The van der Waals surface area contributed by atoms with E-state index in [0.717, 1.165) is 6.54 Å². The van der Waals surface area contributed by atoms with Gasteiger partial charge in [-0.1, -0.05) is 5.16 Å². The van der Waals surface area contributed by atoms with Crippen LogP contribution in [0, 0.1) is 6.92 Å². The second-order valence-electron chi connectivity index (χ2n) is 3.39. The van der Waals surface area contributed by atoms with Crippen LogP contribution in [0.25, 0.3) is 0 Å². The van der Waals surface area contributed by atoms with Crippen molar-refractivity contribution in [1.29, 1.82) is 0 Å². The Balaban J connectivity index is 2.13. The molecule has 2 heterocycles. The van der Waals surface area contributed by atoms with E-state index in [4.69, 9.17) is 4.52 Å². The van der Waals surface area contributed by atoms with E-state index in [1.54, 1.807) is 6.92 Å². The summed E-state index contributed by atoms with van der Waals surface area (Å²) >= 11 is 0. The van der Waals surface area contributed by atoms with Crippen LogP contribution < -0.4 is 5.32 Å². The first-order valence-electron chi connectivity index (χ1n) is 4.87. The maximum absolute atomic E-state index is 4.92. The third-order valence-electron chi connectivity index (χ3n) is 2.16. The van der Waals surface area contributed by atoms with Gasteiger partial charge in [0.2, 0.25) is 5.89 Å². The molecule has 0 spiro atoms. The minimum atomic E-state index is 0.604. The van der Waals surface area contributed by atoms with Crippen molar-refractivity contribution in [2.24, 2.45) is 0 Å². The molecule has 2 rings (SSSR count). The van der Waals surface area contributed by atoms with E-state index >= 15 is 0 Å². The molecule has 0 radical (unpaired) electrons. The summed E-state index contributed by atoms with van der Waals surface area (Å²) < 4.78 is 7.02. The van der Waals surface area contributed by atoms with Crippen molar-refractivity contribution in [2.75, 3.05) is 7.05 Å². The second-order valence-corrected chi connectivity index (χ2v) is 3.39. The topological polar surface area (TPSA) is 55.9 Å². The first kappa shape index (κ1) is 9.92. The molecule has 0 aliphatic rings. The van der Waals surface area contributed by atoms with Crippen LogP contribution in [0.2, 0.25) is 0 Å². The average molecular weight is 206 g/mol. The maximum atomic E-state index is 4.92. The minimum absolute atomic E-state index is 0.604. The zero-order valence-electron chi connectivity index (χ0n) is 8.90. The third-order valence-corrected chi connectivity index (χ3v) is 2.16. The summed E-state index contributed by atoms with van der Waals surface area (Å²) in [4.78, 5) is 4.17. The highest BCUT2D eigenvalue weighted by Crippen LogP contribution is 2.05. The predicted octanol–water partition coefficient (Wildman–Crippen LogP) is 0.947. The van der Waals surface area contributed by atoms with Gasteiger partial charge in [-0.05, 0) is 19.2 Å². The molecule has 2 aromatic heterocycles. The Morgan fingerprint density at radius 2 is 2.40 bits per heavy atom. The van der Waals surface area contributed by atoms with Crippen molar-refractivity contribution in [3.8, 4) is 0 Å². The van der Waals surface area contributed by atoms with Gasteiger partial charge in [0.05, 0.1) is 6.54 Å². The molecule has 0 saturated carbocycles. The van der Waals surface area contributed by atoms with Gasteiger partial charge in [-0.15, -0.1) is 0 Å². The molecule has 5 heteroatoms. The average Bonchev–Trinajstić information content (AvgIpc) is 2.78. The van der Waals surface area contributed by atoms with Gasteiger partial charge in [-0.25, -0.2) is 0 Å². The zero-order chi connectivity index (χ0) is 10.7. The lowest BCUT2D eigenvalue weighted by atomic mass is 10.4. The van der Waals surface area contributed by atoms with Crippen LogP contribution in [-0.2, 0) is 13.1 Å². The molecule has 0 fully saturated rings. The maximum Gasteiger partial charge on any atom is 0.223 e. The smallest absolute Gasteiger partial charge is 0.223 e. The monoisotopic (exact) mass is 206 g/mol. The molecule has 15 heavy (non-hydrogen) atoms. The van der Waals surface area contributed by atoms with Crippen LogP contribution in [-0.4, -0.2) is 21.8 Å². The highest BCUT2D eigenvalue weighted by atomic mass is 16.5. The molecule has 0 amide bonds. The first-order valence-corrected chi connectivity index (χ1v) is 4.87. The lowest BCUT2D eigenvalue weighted by molar-refractivity contribution is 0.386. The van der Waals surface area contributed by atoms with Gasteiger partial charge in [-0.2, -0.15) is 4.98 Å². The number of hydrogen-bond donors (Lipinski definition) is 1. The van der Waals surface area contributed by atoms with Gasteiger partial charge in [0.1, 0.15) is 0 Å². The molecule has 1 N–H and O–H groups in total. The van der Waals surface area contributed by atoms with E-state index in [-0.39, 0.29) is 0 Å². The summed E-state index contributed by atoms with van der Waals surface area (Å²) in [6.45, 7) is 3.28. The van der Waals surface area contributed by atoms with Gasteiger partial charge in [0.25, 0.3) is 0 Å². The lowest BCUT2D eigenvalue weighted by Gasteiger charge is -2.05. The second kappa shape index (κ2) is 4.27. The first-order chi connectivity index (χ1) is 7.29. The molecule has 0 aromatic carbocycles. The molecular formula is C10H14N4O. The highest BCUT2D eigenvalue weighted by molar-refractivity contribution is 5.08. The van der Waals surface area contributed by atoms with Crippen molar-refractivity contribution < 1.29 is 4.52 Å². The summed E-state index contributed by atoms with van der Waals surface area (Å²) in [5.41, 5.74) is 1.21. The molecule has 0 atom stereocenters. The Labute approximate surface area is 88.1 Å². The van der Waals surface area contributed by atoms with E-state index < -0.39 is 0 Å². The van der Waals surface area contributed by atoms with Crippen molar-refractivity contribution >= 4 is 0 Å². The Morgan fingerprint density at radius 1 is 1.53 bits per heavy atom. The normalized spacial score (nSPS) is 10.8. The summed E-state index contributed by atoms with van der Waals surface area (Å²) in [7, 11) is 1.93. The van der Waals surface area contributed by atoms with E-state index in [1.807, 2.05) is 19.3 Å². The van der Waals surface area contributed by atoms with E-state index in [1.165, 1.54) is 5.69 Å². The Kier molecular flexibility index (Phi) is 2.82. The van der Waals surface area contributed by atoms with Crippen LogP contribution in [0.1, 0.15) is 17.4 Å². The third kappa shape index (κ3) is 2.24. The summed E-state index contributed by atoms with van der Waals surface area (Å²) in [6, 6.07) is 4.09. The van der Waals surface area contributed by atoms with E-state index in [9.17, 15) is 0 Å². The number of nitrogens with zero attached hydrogens (tertiary/aromatic N) is 3. The van der Waals surface area contributed by atoms with Crippen LogP contribution in [0.15, 0.2) is 22.9 Å². The predicted molar refractivity (Wildman–Crippen MR) is 55.3 cm³/mol. The quantitative estimate of drug-likeness (QED) is 0.809. The van der Waals surface area contributed by atoms with Gasteiger partial charge in [0, 0.05) is 25.4 Å². The lowest BCUT2D eigenvalue weighted by Crippen LogP contribution is -2.11. The Morgan fingerprint density at radius 3 is 3.07 bits per heavy atom. The molecule has 5 nitrogen and oxygen atoms in total. The van der Waals surface area contributed by atoms with Crippen LogP contribution >= 0.6 is 0 Å². The van der Waals surface area contributed by atoms with E-state index in [0.29, 0.717) is 18.3 Å². The van der Waals surface area contributed by atoms with Crippen molar-refractivity contribution in [3.05, 3.63) is 35.7 Å². The molecule has 0 saturated heterocycles. The molecule has 0 bridgehead atoms. The van der Waals surface area contributed by atoms with Crippen molar-refractivity contribution in [1.82, 2.24) is 20.0 Å². The molecule has 2 aromatic rings. The zero-order valence-corrected chi connectivity index (χ0v) is 8.90. The number of rotatable bonds is 4. The largest absolute Gasteiger partial charge is 0.342 e. The minimum Gasteiger partial charge on any atom is -0.342 e. The molecular weight excluding hydrogens is 192 g/mol. The highest BCUT2D eigenvalue weighted by Gasteiger charge is 2.05. The summed E-state index contributed by atoms with van der Waals surface area (Å²) in [6.07, 6.45) is 2.01. The van der Waals surface area contributed by atoms with Crippen LogP contribution in [0.3, 0.4) is 0 Å². The fourth-order valence-electron chi connectivity index (χ4n) is 1.50. The summed E-state index contributed by atoms with van der Waals surface area (Å²) in [5, 5.41) is 6.98. The molecule has 0 aliphatic heterocycles. The molecule has 80 valence electrons. The van der Waals surface area contributed by atoms with Crippen molar-refractivity contribution in [3.63, 3.8) is 0 Å². The van der Waals surface area contributed by atoms with Crippen LogP contribution in [0.5, 0.6) is 0 Å². The molecule has 0 aliphatic carbocycles. The number of aryl methyl sites for hydroxylation is 1. The van der Waals surface area contributed by atoms with Gasteiger partial charge in [0.15, 0.2) is 5.82 Å². The van der Waals surface area contributed by atoms with Gasteiger partial charge >= 0.3 is 0 Å². The fourth-order valence-corrected chi connectivity index (χ4v) is 1.50. The van der Waals surface area contributed by atoms with E-state index in [2.05, 4.69) is 26.1 Å². The standard InChI is InChI=1S/C10H14N4O/c1-8-12-10(13-15-8)7-14-5-3-4-9(14)6-11-2/h3-5,11H,6-7H2,1-2H3.